The van der Waals surface area contributed by atoms with Crippen molar-refractivity contribution in [2.45, 2.75) is 31.1 Å². The molecule has 1 saturated carbocycles. The normalized spacial score (nSPS) is 19.4. The van der Waals surface area contributed by atoms with Crippen LogP contribution in [0, 0.1) is 5.82 Å². The number of benzene rings is 1. The van der Waals surface area contributed by atoms with Gasteiger partial charge in [0.1, 0.15) is 5.82 Å². The first-order valence-electron chi connectivity index (χ1n) is 5.20. The highest BCUT2D eigenvalue weighted by Crippen LogP contribution is 2.45. The van der Waals surface area contributed by atoms with Crippen molar-refractivity contribution < 1.29 is 4.39 Å². The summed E-state index contributed by atoms with van der Waals surface area (Å²) < 4.78 is 13.8. The van der Waals surface area contributed by atoms with Crippen LogP contribution >= 0.6 is 23.2 Å². The largest absolute Gasteiger partial charge is 0.207 e. The quantitative estimate of drug-likeness (QED) is 0.673. The Morgan fingerprint density at radius 2 is 1.93 bits per heavy atom. The first-order valence-corrected chi connectivity index (χ1v) is 6.11. The number of hydrogen-bond acceptors (Lipinski definition) is 0. The predicted molar refractivity (Wildman–Crippen MR) is 62.3 cm³/mol. The smallest absolute Gasteiger partial charge is 0.128 e. The Hall–Kier alpha value is -0.270. The SMILES string of the molecule is Fc1cccc(Cl)c1C1(CCl)CCCC1. The van der Waals surface area contributed by atoms with E-state index in [0.29, 0.717) is 16.5 Å². The number of halogens is 3. The van der Waals surface area contributed by atoms with Crippen molar-refractivity contribution in [1.82, 2.24) is 0 Å². The third-order valence-corrected chi connectivity index (χ3v) is 4.14. The van der Waals surface area contributed by atoms with Gasteiger partial charge in [0.2, 0.25) is 0 Å². The lowest BCUT2D eigenvalue weighted by Gasteiger charge is -2.28. The summed E-state index contributed by atoms with van der Waals surface area (Å²) in [5, 5.41) is 0.512. The van der Waals surface area contributed by atoms with Crippen LogP contribution in [0.1, 0.15) is 31.2 Å². The van der Waals surface area contributed by atoms with E-state index in [9.17, 15) is 4.39 Å². The molecule has 82 valence electrons. The Morgan fingerprint density at radius 3 is 2.47 bits per heavy atom. The first kappa shape index (κ1) is 11.2. The van der Waals surface area contributed by atoms with Gasteiger partial charge in [-0.25, -0.2) is 4.39 Å². The molecule has 0 heterocycles. The minimum Gasteiger partial charge on any atom is -0.207 e. The van der Waals surface area contributed by atoms with Gasteiger partial charge in [-0.1, -0.05) is 30.5 Å². The highest BCUT2D eigenvalue weighted by atomic mass is 35.5. The van der Waals surface area contributed by atoms with E-state index in [1.165, 1.54) is 6.07 Å². The molecule has 0 nitrogen and oxygen atoms in total. The van der Waals surface area contributed by atoms with Crippen LogP contribution in [-0.2, 0) is 5.41 Å². The van der Waals surface area contributed by atoms with Crippen LogP contribution in [0.4, 0.5) is 4.39 Å². The second kappa shape index (κ2) is 4.31. The lowest BCUT2D eigenvalue weighted by molar-refractivity contribution is 0.463. The van der Waals surface area contributed by atoms with Crippen LogP contribution in [0.25, 0.3) is 0 Å². The summed E-state index contributed by atoms with van der Waals surface area (Å²) in [6.45, 7) is 0. The number of rotatable bonds is 2. The Morgan fingerprint density at radius 1 is 1.27 bits per heavy atom. The van der Waals surface area contributed by atoms with Gasteiger partial charge in [-0.2, -0.15) is 0 Å². The molecule has 0 spiro atoms. The van der Waals surface area contributed by atoms with Crippen molar-refractivity contribution in [3.05, 3.63) is 34.6 Å². The summed E-state index contributed by atoms with van der Waals surface area (Å²) in [7, 11) is 0. The molecule has 1 aromatic carbocycles. The monoisotopic (exact) mass is 246 g/mol. The van der Waals surface area contributed by atoms with E-state index in [4.69, 9.17) is 23.2 Å². The van der Waals surface area contributed by atoms with Gasteiger partial charge in [-0.05, 0) is 25.0 Å². The minimum atomic E-state index is -0.232. The molecule has 0 aliphatic heterocycles. The molecule has 3 heteroatoms. The van der Waals surface area contributed by atoms with Crippen molar-refractivity contribution >= 4 is 23.2 Å². The zero-order valence-electron chi connectivity index (χ0n) is 8.40. The van der Waals surface area contributed by atoms with Crippen molar-refractivity contribution in [3.63, 3.8) is 0 Å². The van der Waals surface area contributed by atoms with Gasteiger partial charge >= 0.3 is 0 Å². The van der Waals surface area contributed by atoms with E-state index in [2.05, 4.69) is 0 Å². The zero-order valence-corrected chi connectivity index (χ0v) is 9.91. The van der Waals surface area contributed by atoms with Gasteiger partial charge in [-0.15, -0.1) is 11.6 Å². The fourth-order valence-corrected chi connectivity index (χ4v) is 3.27. The average Bonchev–Trinajstić information content (AvgIpc) is 2.67. The topological polar surface area (TPSA) is 0 Å². The molecule has 0 bridgehead atoms. The zero-order chi connectivity index (χ0) is 10.9. The lowest BCUT2D eigenvalue weighted by atomic mass is 9.80. The molecular formula is C12H13Cl2F. The van der Waals surface area contributed by atoms with E-state index in [1.807, 2.05) is 0 Å². The molecular weight excluding hydrogens is 234 g/mol. The Labute approximate surface area is 99.4 Å². The molecule has 1 aliphatic carbocycles. The maximum absolute atomic E-state index is 13.8. The molecule has 0 atom stereocenters. The molecule has 0 saturated heterocycles. The highest BCUT2D eigenvalue weighted by molar-refractivity contribution is 6.31. The Balaban J connectivity index is 2.51. The standard InChI is InChI=1S/C12H13Cl2F/c13-8-12(6-1-2-7-12)11-9(14)4-3-5-10(11)15/h3-5H,1-2,6-8H2. The molecule has 0 radical (unpaired) electrons. The third kappa shape index (κ3) is 1.88. The van der Waals surface area contributed by atoms with Crippen molar-refractivity contribution in [2.75, 3.05) is 5.88 Å². The summed E-state index contributed by atoms with van der Waals surface area (Å²) >= 11 is 12.1. The van der Waals surface area contributed by atoms with Crippen LogP contribution in [0.15, 0.2) is 18.2 Å². The van der Waals surface area contributed by atoms with Crippen LogP contribution in [0.2, 0.25) is 5.02 Å². The fourth-order valence-electron chi connectivity index (χ4n) is 2.51. The van der Waals surface area contributed by atoms with Crippen LogP contribution in [-0.4, -0.2) is 5.88 Å². The molecule has 1 fully saturated rings. The number of hydrogen-bond donors (Lipinski definition) is 0. The first-order chi connectivity index (χ1) is 7.19. The van der Waals surface area contributed by atoms with Gasteiger partial charge in [0, 0.05) is 21.9 Å². The van der Waals surface area contributed by atoms with Crippen LogP contribution in [0.3, 0.4) is 0 Å². The molecule has 2 rings (SSSR count). The molecule has 15 heavy (non-hydrogen) atoms. The van der Waals surface area contributed by atoms with Crippen molar-refractivity contribution in [2.24, 2.45) is 0 Å². The second-order valence-electron chi connectivity index (χ2n) is 4.22. The average molecular weight is 247 g/mol. The Kier molecular flexibility index (Phi) is 3.22. The second-order valence-corrected chi connectivity index (χ2v) is 4.89. The van der Waals surface area contributed by atoms with Crippen LogP contribution < -0.4 is 0 Å². The third-order valence-electron chi connectivity index (χ3n) is 3.31. The maximum Gasteiger partial charge on any atom is 0.128 e. The highest BCUT2D eigenvalue weighted by Gasteiger charge is 2.38. The summed E-state index contributed by atoms with van der Waals surface area (Å²) in [4.78, 5) is 0. The molecule has 0 unspecified atom stereocenters. The Bertz CT molecular complexity index is 336. The lowest BCUT2D eigenvalue weighted by Crippen LogP contribution is -2.26. The minimum absolute atomic E-state index is 0.218. The van der Waals surface area contributed by atoms with E-state index in [0.717, 1.165) is 25.7 Å². The van der Waals surface area contributed by atoms with E-state index in [1.54, 1.807) is 12.1 Å². The van der Waals surface area contributed by atoms with Gasteiger partial charge in [0.15, 0.2) is 0 Å². The van der Waals surface area contributed by atoms with Crippen molar-refractivity contribution in [1.29, 1.82) is 0 Å². The number of alkyl halides is 1. The summed E-state index contributed by atoms with van der Waals surface area (Å²) in [5.41, 5.74) is 0.392. The van der Waals surface area contributed by atoms with Gasteiger partial charge in [0.05, 0.1) is 0 Å². The van der Waals surface area contributed by atoms with Gasteiger partial charge in [0.25, 0.3) is 0 Å². The van der Waals surface area contributed by atoms with E-state index in [-0.39, 0.29) is 11.2 Å². The van der Waals surface area contributed by atoms with Gasteiger partial charge < -0.3 is 0 Å². The molecule has 0 aromatic heterocycles. The maximum atomic E-state index is 13.8. The molecule has 0 amide bonds. The summed E-state index contributed by atoms with van der Waals surface area (Å²) in [5.74, 6) is 0.234. The predicted octanol–water partition coefficient (Wildman–Crippen LogP) is 4.53. The van der Waals surface area contributed by atoms with Crippen molar-refractivity contribution in [3.8, 4) is 0 Å². The summed E-state index contributed by atoms with van der Waals surface area (Å²) in [6, 6.07) is 4.85. The van der Waals surface area contributed by atoms with Crippen LogP contribution in [0.5, 0.6) is 0 Å². The molecule has 1 aliphatic rings. The van der Waals surface area contributed by atoms with Gasteiger partial charge in [-0.3, -0.25) is 0 Å². The summed E-state index contributed by atoms with van der Waals surface area (Å²) in [6.07, 6.45) is 4.10. The molecule has 1 aromatic rings. The fraction of sp³-hybridized carbons (Fsp3) is 0.500. The van der Waals surface area contributed by atoms with E-state index < -0.39 is 0 Å². The molecule has 0 N–H and O–H groups in total. The van der Waals surface area contributed by atoms with E-state index >= 15 is 0 Å².